The molecule has 1 aliphatic heterocycles. The maximum atomic E-state index is 15.0. The SMILES string of the molecule is COc1cccc(Cl)c1-c1c(F)ccc2c(N)c3c(nc12)CN(C1CC1)C3=O. The molecule has 0 spiro atoms. The molecule has 2 aromatic carbocycles. The molecule has 1 amide bonds. The third-order valence-electron chi connectivity index (χ3n) is 5.45. The van der Waals surface area contributed by atoms with Crippen LogP contribution in [-0.4, -0.2) is 28.9 Å². The summed E-state index contributed by atoms with van der Waals surface area (Å²) >= 11 is 6.40. The summed E-state index contributed by atoms with van der Waals surface area (Å²) in [5.74, 6) is -0.129. The molecule has 28 heavy (non-hydrogen) atoms. The zero-order valence-electron chi connectivity index (χ0n) is 15.1. The molecular formula is C21H17ClFN3O2. The second-order valence-corrected chi connectivity index (χ2v) is 7.55. The number of rotatable bonds is 3. The summed E-state index contributed by atoms with van der Waals surface area (Å²) in [4.78, 5) is 19.3. The fraction of sp³-hybridized carbons (Fsp3) is 0.238. The zero-order chi connectivity index (χ0) is 19.6. The standard InChI is InChI=1S/C21H17ClFN3O2/c1-28-15-4-2-3-12(22)16(15)17-13(23)8-7-11-19(24)18-14(25-20(11)17)9-26(21(18)27)10-5-6-10/h2-4,7-8,10H,5-6,9H2,1H3,(H2,24,25). The lowest BCUT2D eigenvalue weighted by atomic mass is 9.97. The van der Waals surface area contributed by atoms with Crippen molar-refractivity contribution in [2.45, 2.75) is 25.4 Å². The maximum Gasteiger partial charge on any atom is 0.258 e. The third kappa shape index (κ3) is 2.37. The number of fused-ring (bicyclic) bond motifs is 2. The van der Waals surface area contributed by atoms with E-state index < -0.39 is 5.82 Å². The summed E-state index contributed by atoms with van der Waals surface area (Å²) in [6, 6.07) is 8.26. The Morgan fingerprint density at radius 2 is 2.00 bits per heavy atom. The summed E-state index contributed by atoms with van der Waals surface area (Å²) in [5, 5.41) is 0.880. The maximum absolute atomic E-state index is 15.0. The van der Waals surface area contributed by atoms with Gasteiger partial charge < -0.3 is 15.4 Å². The van der Waals surface area contributed by atoms with Crippen molar-refractivity contribution in [1.82, 2.24) is 9.88 Å². The van der Waals surface area contributed by atoms with E-state index in [1.165, 1.54) is 13.2 Å². The number of benzene rings is 2. The third-order valence-corrected chi connectivity index (χ3v) is 5.76. The van der Waals surface area contributed by atoms with Gasteiger partial charge in [0, 0.05) is 22.6 Å². The van der Waals surface area contributed by atoms with E-state index in [-0.39, 0.29) is 17.5 Å². The predicted molar refractivity (Wildman–Crippen MR) is 106 cm³/mol. The van der Waals surface area contributed by atoms with E-state index in [0.29, 0.717) is 50.7 Å². The molecule has 7 heteroatoms. The van der Waals surface area contributed by atoms with Crippen molar-refractivity contribution in [3.63, 3.8) is 0 Å². The Labute approximate surface area is 165 Å². The number of ether oxygens (including phenoxy) is 1. The number of halogens is 2. The van der Waals surface area contributed by atoms with Crippen LogP contribution in [0.4, 0.5) is 10.1 Å². The van der Waals surface area contributed by atoms with Gasteiger partial charge in [-0.15, -0.1) is 0 Å². The number of pyridine rings is 1. The number of nitrogen functional groups attached to an aromatic ring is 1. The molecule has 2 aliphatic rings. The normalized spacial score (nSPS) is 16.0. The first kappa shape index (κ1) is 17.3. The molecule has 2 N–H and O–H groups in total. The minimum Gasteiger partial charge on any atom is -0.496 e. The first-order valence-corrected chi connectivity index (χ1v) is 9.43. The van der Waals surface area contributed by atoms with Gasteiger partial charge in [-0.3, -0.25) is 4.79 Å². The van der Waals surface area contributed by atoms with Crippen LogP contribution in [0.15, 0.2) is 30.3 Å². The van der Waals surface area contributed by atoms with E-state index in [9.17, 15) is 4.79 Å². The molecule has 1 aromatic heterocycles. The van der Waals surface area contributed by atoms with Gasteiger partial charge in [0.1, 0.15) is 11.6 Å². The Balaban J connectivity index is 1.82. The molecule has 5 nitrogen and oxygen atoms in total. The molecule has 1 saturated carbocycles. The van der Waals surface area contributed by atoms with Gasteiger partial charge in [-0.05, 0) is 37.1 Å². The quantitative estimate of drug-likeness (QED) is 0.711. The van der Waals surface area contributed by atoms with E-state index >= 15 is 4.39 Å². The number of nitrogens with zero attached hydrogens (tertiary/aromatic N) is 2. The van der Waals surface area contributed by atoms with Crippen molar-refractivity contribution >= 4 is 34.1 Å². The van der Waals surface area contributed by atoms with Gasteiger partial charge in [0.15, 0.2) is 0 Å². The topological polar surface area (TPSA) is 68.5 Å². The van der Waals surface area contributed by atoms with Crippen molar-refractivity contribution in [1.29, 1.82) is 0 Å². The van der Waals surface area contributed by atoms with Gasteiger partial charge in [0.2, 0.25) is 0 Å². The Kier molecular flexibility index (Phi) is 3.74. The van der Waals surface area contributed by atoms with Crippen LogP contribution >= 0.6 is 11.6 Å². The van der Waals surface area contributed by atoms with Gasteiger partial charge in [0.05, 0.1) is 41.1 Å². The highest BCUT2D eigenvalue weighted by atomic mass is 35.5. The summed E-state index contributed by atoms with van der Waals surface area (Å²) in [6.07, 6.45) is 1.99. The highest BCUT2D eigenvalue weighted by molar-refractivity contribution is 6.34. The summed E-state index contributed by atoms with van der Waals surface area (Å²) in [7, 11) is 1.50. The van der Waals surface area contributed by atoms with Crippen molar-refractivity contribution in [3.8, 4) is 16.9 Å². The number of methoxy groups -OCH3 is 1. The van der Waals surface area contributed by atoms with Gasteiger partial charge in [-0.25, -0.2) is 9.37 Å². The number of aromatic nitrogens is 1. The Morgan fingerprint density at radius 3 is 2.71 bits per heavy atom. The van der Waals surface area contributed by atoms with Crippen molar-refractivity contribution < 1.29 is 13.9 Å². The van der Waals surface area contributed by atoms with Crippen LogP contribution in [0.2, 0.25) is 5.02 Å². The molecular weight excluding hydrogens is 381 g/mol. The number of carbonyl (C=O) groups is 1. The average Bonchev–Trinajstić information content (AvgIpc) is 3.46. The zero-order valence-corrected chi connectivity index (χ0v) is 15.9. The van der Waals surface area contributed by atoms with E-state index in [2.05, 4.69) is 4.98 Å². The van der Waals surface area contributed by atoms with Crippen molar-refractivity contribution in [2.24, 2.45) is 0 Å². The average molecular weight is 398 g/mol. The van der Waals surface area contributed by atoms with Crippen LogP contribution in [0, 0.1) is 5.82 Å². The number of nitrogens with two attached hydrogens (primary N) is 1. The first-order chi connectivity index (χ1) is 13.5. The molecule has 1 fully saturated rings. The van der Waals surface area contributed by atoms with E-state index in [1.807, 2.05) is 0 Å². The van der Waals surface area contributed by atoms with Crippen molar-refractivity contribution in [2.75, 3.05) is 12.8 Å². The van der Waals surface area contributed by atoms with Gasteiger partial charge in [-0.2, -0.15) is 0 Å². The lowest BCUT2D eigenvalue weighted by Gasteiger charge is -2.15. The Morgan fingerprint density at radius 1 is 1.21 bits per heavy atom. The highest BCUT2D eigenvalue weighted by Crippen LogP contribution is 2.44. The van der Waals surface area contributed by atoms with Crippen LogP contribution in [0.5, 0.6) is 5.75 Å². The minimum absolute atomic E-state index is 0.0920. The highest BCUT2D eigenvalue weighted by Gasteiger charge is 2.40. The lowest BCUT2D eigenvalue weighted by molar-refractivity contribution is 0.0767. The van der Waals surface area contributed by atoms with E-state index in [1.54, 1.807) is 29.2 Å². The summed E-state index contributed by atoms with van der Waals surface area (Å²) in [5.41, 5.74) is 8.76. The molecule has 0 saturated heterocycles. The number of amides is 1. The molecule has 142 valence electrons. The van der Waals surface area contributed by atoms with Crippen LogP contribution in [0.3, 0.4) is 0 Å². The van der Waals surface area contributed by atoms with E-state index in [4.69, 9.17) is 22.1 Å². The summed E-state index contributed by atoms with van der Waals surface area (Å²) in [6.45, 7) is 0.397. The molecule has 0 unspecified atom stereocenters. The fourth-order valence-electron chi connectivity index (χ4n) is 3.95. The molecule has 3 aromatic rings. The monoisotopic (exact) mass is 397 g/mol. The largest absolute Gasteiger partial charge is 0.496 e. The predicted octanol–water partition coefficient (Wildman–Crippen LogP) is 4.40. The van der Waals surface area contributed by atoms with Gasteiger partial charge in [0.25, 0.3) is 5.91 Å². The Hall–Kier alpha value is -2.86. The number of hydrogen-bond acceptors (Lipinski definition) is 4. The van der Waals surface area contributed by atoms with Crippen LogP contribution in [0.25, 0.3) is 22.0 Å². The van der Waals surface area contributed by atoms with Gasteiger partial charge in [-0.1, -0.05) is 17.7 Å². The second kappa shape index (κ2) is 6.07. The minimum atomic E-state index is -0.478. The number of carbonyl (C=O) groups excluding carboxylic acids is 1. The second-order valence-electron chi connectivity index (χ2n) is 7.15. The number of hydrogen-bond donors (Lipinski definition) is 1. The molecule has 0 radical (unpaired) electrons. The molecule has 1 aliphatic carbocycles. The summed E-state index contributed by atoms with van der Waals surface area (Å²) < 4.78 is 20.4. The van der Waals surface area contributed by atoms with Crippen molar-refractivity contribution in [3.05, 3.63) is 52.4 Å². The molecule has 0 bridgehead atoms. The fourth-order valence-corrected chi connectivity index (χ4v) is 4.21. The lowest BCUT2D eigenvalue weighted by Crippen LogP contribution is -2.26. The molecule has 0 atom stereocenters. The number of anilines is 1. The van der Waals surface area contributed by atoms with Gasteiger partial charge >= 0.3 is 0 Å². The molecule has 5 rings (SSSR count). The van der Waals surface area contributed by atoms with Crippen LogP contribution in [-0.2, 0) is 6.54 Å². The molecule has 2 heterocycles. The van der Waals surface area contributed by atoms with Crippen LogP contribution < -0.4 is 10.5 Å². The first-order valence-electron chi connectivity index (χ1n) is 9.05. The smallest absolute Gasteiger partial charge is 0.258 e. The Bertz CT molecular complexity index is 1160. The van der Waals surface area contributed by atoms with Crippen LogP contribution in [0.1, 0.15) is 28.9 Å². The van der Waals surface area contributed by atoms with E-state index in [0.717, 1.165) is 12.8 Å².